The predicted octanol–water partition coefficient (Wildman–Crippen LogP) is 3.26. The fourth-order valence-electron chi connectivity index (χ4n) is 1.27. The molecule has 0 aliphatic heterocycles. The van der Waals surface area contributed by atoms with Crippen LogP contribution in [0.15, 0.2) is 43.0 Å². The van der Waals surface area contributed by atoms with Crippen LogP contribution in [0.5, 0.6) is 0 Å². The zero-order valence-corrected chi connectivity index (χ0v) is 10.5. The van der Waals surface area contributed by atoms with Crippen LogP contribution in [0, 0.1) is 0 Å². The van der Waals surface area contributed by atoms with Gasteiger partial charge in [0.05, 0.1) is 6.54 Å². The average molecular weight is 235 g/mol. The number of hydrogen-bond donors (Lipinski definition) is 0. The number of rotatable bonds is 5. The Labute approximate surface area is 101 Å². The van der Waals surface area contributed by atoms with Crippen LogP contribution in [0.2, 0.25) is 0 Å². The zero-order chi connectivity index (χ0) is 12.0. The van der Waals surface area contributed by atoms with Gasteiger partial charge in [-0.2, -0.15) is 0 Å². The van der Waals surface area contributed by atoms with Crippen molar-refractivity contribution in [3.8, 4) is 0 Å². The first kappa shape index (κ1) is 12.8. The Hall–Kier alpha value is -1.22. The van der Waals surface area contributed by atoms with Gasteiger partial charge in [-0.1, -0.05) is 50.8 Å². The molecule has 1 amide bonds. The maximum absolute atomic E-state index is 11.6. The molecular weight excluding hydrogens is 218 g/mol. The Kier molecular flexibility index (Phi) is 5.12. The van der Waals surface area contributed by atoms with E-state index in [-0.39, 0.29) is 5.91 Å². The summed E-state index contributed by atoms with van der Waals surface area (Å²) in [6.07, 6.45) is 1.36. The summed E-state index contributed by atoms with van der Waals surface area (Å²) in [5.74, 6) is -0.0393. The summed E-state index contributed by atoms with van der Waals surface area (Å²) in [6.45, 7) is 8.28. The van der Waals surface area contributed by atoms with Crippen molar-refractivity contribution < 1.29 is 4.79 Å². The standard InChI is InChI=1S/C13H17NOS/c1-4-13(15)14(16-11(2)3)10-12-8-6-5-7-9-12/h4-9,11H,1,10H2,2-3H3. The van der Waals surface area contributed by atoms with Crippen LogP contribution in [-0.4, -0.2) is 15.5 Å². The molecule has 1 rings (SSSR count). The maximum Gasteiger partial charge on any atom is 0.256 e. The highest BCUT2D eigenvalue weighted by Gasteiger charge is 2.13. The van der Waals surface area contributed by atoms with Gasteiger partial charge in [0.1, 0.15) is 0 Å². The highest BCUT2D eigenvalue weighted by molar-refractivity contribution is 7.98. The van der Waals surface area contributed by atoms with E-state index < -0.39 is 0 Å². The highest BCUT2D eigenvalue weighted by atomic mass is 32.2. The van der Waals surface area contributed by atoms with E-state index in [4.69, 9.17) is 0 Å². The van der Waals surface area contributed by atoms with Gasteiger partial charge in [0.15, 0.2) is 0 Å². The highest BCUT2D eigenvalue weighted by Crippen LogP contribution is 2.20. The Morgan fingerprint density at radius 1 is 1.44 bits per heavy atom. The van der Waals surface area contributed by atoms with Crippen LogP contribution in [0.3, 0.4) is 0 Å². The number of benzene rings is 1. The third-order valence-electron chi connectivity index (χ3n) is 1.93. The normalized spacial score (nSPS) is 10.2. The van der Waals surface area contributed by atoms with E-state index in [1.165, 1.54) is 18.0 Å². The van der Waals surface area contributed by atoms with E-state index in [9.17, 15) is 4.79 Å². The molecule has 86 valence electrons. The molecule has 1 aromatic rings. The smallest absolute Gasteiger partial charge is 0.256 e. The van der Waals surface area contributed by atoms with Crippen LogP contribution in [0.25, 0.3) is 0 Å². The predicted molar refractivity (Wildman–Crippen MR) is 69.9 cm³/mol. The molecule has 0 saturated carbocycles. The lowest BCUT2D eigenvalue weighted by atomic mass is 10.2. The minimum Gasteiger partial charge on any atom is -0.278 e. The summed E-state index contributed by atoms with van der Waals surface area (Å²) in [7, 11) is 0. The lowest BCUT2D eigenvalue weighted by Gasteiger charge is -2.21. The van der Waals surface area contributed by atoms with Crippen molar-refractivity contribution in [2.24, 2.45) is 0 Å². The van der Waals surface area contributed by atoms with Gasteiger partial charge < -0.3 is 0 Å². The molecule has 0 aliphatic rings. The largest absolute Gasteiger partial charge is 0.278 e. The second kappa shape index (κ2) is 6.38. The molecule has 16 heavy (non-hydrogen) atoms. The van der Waals surface area contributed by atoms with Crippen LogP contribution in [0.4, 0.5) is 0 Å². The van der Waals surface area contributed by atoms with Gasteiger partial charge in [-0.15, -0.1) is 0 Å². The molecular formula is C13H17NOS. The zero-order valence-electron chi connectivity index (χ0n) is 9.72. The molecule has 0 spiro atoms. The first-order valence-electron chi connectivity index (χ1n) is 5.28. The second-order valence-corrected chi connectivity index (χ2v) is 5.31. The summed E-state index contributed by atoms with van der Waals surface area (Å²) >= 11 is 1.54. The van der Waals surface area contributed by atoms with Crippen molar-refractivity contribution in [3.63, 3.8) is 0 Å². The van der Waals surface area contributed by atoms with Crippen molar-refractivity contribution in [1.82, 2.24) is 4.31 Å². The van der Waals surface area contributed by atoms with E-state index in [1.807, 2.05) is 30.3 Å². The van der Waals surface area contributed by atoms with Crippen LogP contribution >= 0.6 is 11.9 Å². The van der Waals surface area contributed by atoms with E-state index in [0.717, 1.165) is 5.56 Å². The van der Waals surface area contributed by atoms with Crippen molar-refractivity contribution in [2.75, 3.05) is 0 Å². The van der Waals surface area contributed by atoms with E-state index >= 15 is 0 Å². The summed E-state index contributed by atoms with van der Waals surface area (Å²) in [4.78, 5) is 11.6. The SMILES string of the molecule is C=CC(=O)N(Cc1ccccc1)SC(C)C. The number of carbonyl (C=O) groups excluding carboxylic acids is 1. The Morgan fingerprint density at radius 2 is 2.06 bits per heavy atom. The van der Waals surface area contributed by atoms with Crippen LogP contribution in [0.1, 0.15) is 19.4 Å². The van der Waals surface area contributed by atoms with E-state index in [0.29, 0.717) is 11.8 Å². The quantitative estimate of drug-likeness (QED) is 0.577. The molecule has 0 saturated heterocycles. The third-order valence-corrected chi connectivity index (χ3v) is 2.91. The molecule has 2 nitrogen and oxygen atoms in total. The molecule has 0 aliphatic carbocycles. The second-order valence-electron chi connectivity index (χ2n) is 3.72. The van der Waals surface area contributed by atoms with E-state index in [2.05, 4.69) is 20.4 Å². The topological polar surface area (TPSA) is 20.3 Å². The number of carbonyl (C=O) groups is 1. The fraction of sp³-hybridized carbons (Fsp3) is 0.308. The van der Waals surface area contributed by atoms with Gasteiger partial charge in [0, 0.05) is 5.25 Å². The molecule has 0 N–H and O–H groups in total. The van der Waals surface area contributed by atoms with Gasteiger partial charge >= 0.3 is 0 Å². The van der Waals surface area contributed by atoms with Gasteiger partial charge in [-0.05, 0) is 23.6 Å². The van der Waals surface area contributed by atoms with Gasteiger partial charge in [0.2, 0.25) is 0 Å². The van der Waals surface area contributed by atoms with Crippen molar-refractivity contribution in [3.05, 3.63) is 48.6 Å². The number of nitrogens with zero attached hydrogens (tertiary/aromatic N) is 1. The third kappa shape index (κ3) is 4.11. The fourth-order valence-corrected chi connectivity index (χ4v) is 2.18. The molecule has 0 aromatic heterocycles. The first-order valence-corrected chi connectivity index (χ1v) is 6.11. The average Bonchev–Trinajstić information content (AvgIpc) is 2.28. The lowest BCUT2D eigenvalue weighted by molar-refractivity contribution is -0.121. The first-order chi connectivity index (χ1) is 7.63. The summed E-state index contributed by atoms with van der Waals surface area (Å²) < 4.78 is 1.74. The number of amides is 1. The molecule has 0 radical (unpaired) electrons. The number of hydrogen-bond acceptors (Lipinski definition) is 2. The summed E-state index contributed by atoms with van der Waals surface area (Å²) in [5, 5.41) is 0.382. The van der Waals surface area contributed by atoms with Crippen molar-refractivity contribution in [2.45, 2.75) is 25.6 Å². The monoisotopic (exact) mass is 235 g/mol. The lowest BCUT2D eigenvalue weighted by Crippen LogP contribution is -2.23. The van der Waals surface area contributed by atoms with Gasteiger partial charge in [-0.3, -0.25) is 9.10 Å². The van der Waals surface area contributed by atoms with Crippen molar-refractivity contribution in [1.29, 1.82) is 0 Å². The molecule has 0 unspecified atom stereocenters. The molecule has 0 heterocycles. The summed E-state index contributed by atoms with van der Waals surface area (Å²) in [6, 6.07) is 9.96. The van der Waals surface area contributed by atoms with Gasteiger partial charge in [0.25, 0.3) is 5.91 Å². The molecule has 0 fully saturated rings. The Bertz CT molecular complexity index is 348. The Balaban J connectivity index is 2.70. The minimum atomic E-state index is -0.0393. The molecule has 0 atom stereocenters. The van der Waals surface area contributed by atoms with Crippen LogP contribution < -0.4 is 0 Å². The van der Waals surface area contributed by atoms with Gasteiger partial charge in [-0.25, -0.2) is 0 Å². The molecule has 0 bridgehead atoms. The van der Waals surface area contributed by atoms with Crippen molar-refractivity contribution >= 4 is 17.9 Å². The summed E-state index contributed by atoms with van der Waals surface area (Å²) in [5.41, 5.74) is 1.13. The van der Waals surface area contributed by atoms with Crippen LogP contribution in [-0.2, 0) is 11.3 Å². The molecule has 3 heteroatoms. The Morgan fingerprint density at radius 3 is 2.56 bits per heavy atom. The van der Waals surface area contributed by atoms with E-state index in [1.54, 1.807) is 4.31 Å². The maximum atomic E-state index is 11.6. The minimum absolute atomic E-state index is 0.0393. The molecule has 1 aromatic carbocycles.